The number of benzene rings is 2. The Balaban J connectivity index is 2.10. The second kappa shape index (κ2) is 6.43. The van der Waals surface area contributed by atoms with Crippen LogP contribution in [-0.2, 0) is 4.74 Å². The van der Waals surface area contributed by atoms with Crippen molar-refractivity contribution in [3.63, 3.8) is 0 Å². The van der Waals surface area contributed by atoms with E-state index in [0.29, 0.717) is 5.56 Å². The van der Waals surface area contributed by atoms with Gasteiger partial charge < -0.3 is 9.84 Å². The molecule has 0 saturated heterocycles. The zero-order valence-electron chi connectivity index (χ0n) is 12.8. The Labute approximate surface area is 129 Å². The van der Waals surface area contributed by atoms with Gasteiger partial charge in [-0.15, -0.1) is 0 Å². The van der Waals surface area contributed by atoms with Crippen molar-refractivity contribution < 1.29 is 19.4 Å². The summed E-state index contributed by atoms with van der Waals surface area (Å²) in [4.78, 5) is 24.3. The smallest absolute Gasteiger partial charge is 0.342 e. The molecule has 0 heterocycles. The van der Waals surface area contributed by atoms with Crippen molar-refractivity contribution >= 4 is 11.8 Å². The topological polar surface area (TPSA) is 63.6 Å². The number of aromatic hydroxyl groups is 1. The molecule has 2 aromatic carbocycles. The summed E-state index contributed by atoms with van der Waals surface area (Å²) >= 11 is 0. The number of ether oxygens (including phenoxy) is 1. The molecule has 0 amide bonds. The lowest BCUT2D eigenvalue weighted by molar-refractivity contribution is 0.0316. The van der Waals surface area contributed by atoms with E-state index in [-0.39, 0.29) is 17.1 Å². The van der Waals surface area contributed by atoms with Gasteiger partial charge in [0, 0.05) is 5.56 Å². The molecule has 0 aliphatic rings. The van der Waals surface area contributed by atoms with Crippen LogP contribution in [0, 0.1) is 13.8 Å². The number of carbonyl (C=O) groups excluding carboxylic acids is 2. The summed E-state index contributed by atoms with van der Waals surface area (Å²) in [7, 11) is 0. The molecule has 0 bridgehead atoms. The van der Waals surface area contributed by atoms with Gasteiger partial charge in [0.25, 0.3) is 0 Å². The molecule has 4 nitrogen and oxygen atoms in total. The maximum atomic E-state index is 12.2. The third-order valence-electron chi connectivity index (χ3n) is 3.36. The monoisotopic (exact) mass is 298 g/mol. The number of ketones is 1. The van der Waals surface area contributed by atoms with Gasteiger partial charge in [-0.05, 0) is 38.5 Å². The number of rotatable bonds is 4. The van der Waals surface area contributed by atoms with Crippen LogP contribution in [0.15, 0.2) is 42.5 Å². The fraction of sp³-hybridized carbons (Fsp3) is 0.222. The van der Waals surface area contributed by atoms with E-state index in [4.69, 9.17) is 4.74 Å². The first-order chi connectivity index (χ1) is 10.4. The molecule has 0 radical (unpaired) electrons. The summed E-state index contributed by atoms with van der Waals surface area (Å²) in [6.07, 6.45) is -0.920. The Kier molecular flexibility index (Phi) is 4.61. The number of phenols is 1. The van der Waals surface area contributed by atoms with Gasteiger partial charge in [-0.3, -0.25) is 4.79 Å². The molecular formula is C18H18O4. The van der Waals surface area contributed by atoms with E-state index in [1.54, 1.807) is 25.1 Å². The van der Waals surface area contributed by atoms with Crippen molar-refractivity contribution in [3.05, 3.63) is 64.7 Å². The molecular weight excluding hydrogens is 280 g/mol. The van der Waals surface area contributed by atoms with Gasteiger partial charge in [0.05, 0.1) is 0 Å². The lowest BCUT2D eigenvalue weighted by Gasteiger charge is -2.13. The quantitative estimate of drug-likeness (QED) is 0.693. The van der Waals surface area contributed by atoms with Gasteiger partial charge in [0.1, 0.15) is 11.3 Å². The van der Waals surface area contributed by atoms with Crippen LogP contribution in [0.2, 0.25) is 0 Å². The molecule has 0 aromatic heterocycles. The van der Waals surface area contributed by atoms with E-state index in [9.17, 15) is 14.7 Å². The standard InChI is InChI=1S/C18H18O4/c1-11-4-7-14(8-5-11)17(20)13(3)22-18(21)15-9-6-12(2)10-16(15)19/h4-10,13,19H,1-3H3/t13-/m0/s1. The molecule has 2 aromatic rings. The van der Waals surface area contributed by atoms with Crippen LogP contribution in [-0.4, -0.2) is 23.0 Å². The molecule has 0 spiro atoms. The molecule has 22 heavy (non-hydrogen) atoms. The van der Waals surface area contributed by atoms with Crippen molar-refractivity contribution in [1.82, 2.24) is 0 Å². The average Bonchev–Trinajstić information content (AvgIpc) is 2.47. The summed E-state index contributed by atoms with van der Waals surface area (Å²) in [5.74, 6) is -1.15. The van der Waals surface area contributed by atoms with E-state index in [2.05, 4.69) is 0 Å². The molecule has 4 heteroatoms. The Bertz CT molecular complexity index is 702. The molecule has 0 aliphatic carbocycles. The zero-order valence-corrected chi connectivity index (χ0v) is 12.8. The number of aryl methyl sites for hydroxylation is 2. The highest BCUT2D eigenvalue weighted by Gasteiger charge is 2.21. The van der Waals surface area contributed by atoms with Crippen LogP contribution in [0.5, 0.6) is 5.75 Å². The minimum Gasteiger partial charge on any atom is -0.507 e. The molecule has 1 atom stereocenters. The number of Topliss-reactive ketones (excluding diaryl/α,β-unsaturated/α-hetero) is 1. The lowest BCUT2D eigenvalue weighted by Crippen LogP contribution is -2.24. The van der Waals surface area contributed by atoms with Gasteiger partial charge in [0.15, 0.2) is 6.10 Å². The highest BCUT2D eigenvalue weighted by molar-refractivity contribution is 6.01. The van der Waals surface area contributed by atoms with Gasteiger partial charge in [-0.25, -0.2) is 4.79 Å². The van der Waals surface area contributed by atoms with Crippen LogP contribution in [0.1, 0.15) is 38.8 Å². The van der Waals surface area contributed by atoms with E-state index < -0.39 is 12.1 Å². The Morgan fingerprint density at radius 2 is 1.59 bits per heavy atom. The van der Waals surface area contributed by atoms with Gasteiger partial charge >= 0.3 is 5.97 Å². The summed E-state index contributed by atoms with van der Waals surface area (Å²) in [6.45, 7) is 5.25. The summed E-state index contributed by atoms with van der Waals surface area (Å²) in [6, 6.07) is 11.7. The SMILES string of the molecule is Cc1ccc(C(=O)[C@H](C)OC(=O)c2ccc(C)cc2O)cc1. The molecule has 1 N–H and O–H groups in total. The fourth-order valence-corrected chi connectivity index (χ4v) is 2.04. The third kappa shape index (κ3) is 3.52. The van der Waals surface area contributed by atoms with Crippen molar-refractivity contribution in [3.8, 4) is 5.75 Å². The molecule has 0 fully saturated rings. The second-order valence-electron chi connectivity index (χ2n) is 5.30. The number of hydrogen-bond donors (Lipinski definition) is 1. The van der Waals surface area contributed by atoms with Crippen LogP contribution in [0.4, 0.5) is 0 Å². The summed E-state index contributed by atoms with van der Waals surface area (Å²) in [5, 5.41) is 9.78. The molecule has 2 rings (SSSR count). The fourth-order valence-electron chi connectivity index (χ4n) is 2.04. The first-order valence-electron chi connectivity index (χ1n) is 7.00. The van der Waals surface area contributed by atoms with Crippen molar-refractivity contribution in [2.45, 2.75) is 26.9 Å². The van der Waals surface area contributed by atoms with Crippen molar-refractivity contribution in [1.29, 1.82) is 0 Å². The minimum atomic E-state index is -0.920. The maximum Gasteiger partial charge on any atom is 0.342 e. The Morgan fingerprint density at radius 3 is 2.18 bits per heavy atom. The first kappa shape index (κ1) is 15.8. The average molecular weight is 298 g/mol. The number of hydrogen-bond acceptors (Lipinski definition) is 4. The van der Waals surface area contributed by atoms with E-state index in [0.717, 1.165) is 11.1 Å². The lowest BCUT2D eigenvalue weighted by atomic mass is 10.1. The van der Waals surface area contributed by atoms with Gasteiger partial charge in [-0.1, -0.05) is 35.9 Å². The highest BCUT2D eigenvalue weighted by atomic mass is 16.5. The van der Waals surface area contributed by atoms with Crippen LogP contribution in [0.3, 0.4) is 0 Å². The second-order valence-corrected chi connectivity index (χ2v) is 5.30. The van der Waals surface area contributed by atoms with E-state index in [1.807, 2.05) is 19.1 Å². The Morgan fingerprint density at radius 1 is 1.00 bits per heavy atom. The predicted molar refractivity (Wildman–Crippen MR) is 83.2 cm³/mol. The summed E-state index contributed by atoms with van der Waals surface area (Å²) < 4.78 is 5.16. The summed E-state index contributed by atoms with van der Waals surface area (Å²) in [5.41, 5.74) is 2.41. The minimum absolute atomic E-state index is 0.0501. The number of esters is 1. The van der Waals surface area contributed by atoms with Gasteiger partial charge in [-0.2, -0.15) is 0 Å². The van der Waals surface area contributed by atoms with Gasteiger partial charge in [0.2, 0.25) is 5.78 Å². The zero-order chi connectivity index (χ0) is 16.3. The normalized spacial score (nSPS) is 11.8. The van der Waals surface area contributed by atoms with Crippen molar-refractivity contribution in [2.24, 2.45) is 0 Å². The highest BCUT2D eigenvalue weighted by Crippen LogP contribution is 2.20. The molecule has 0 aliphatic heterocycles. The van der Waals surface area contributed by atoms with Crippen LogP contribution in [0.25, 0.3) is 0 Å². The van der Waals surface area contributed by atoms with Crippen molar-refractivity contribution in [2.75, 3.05) is 0 Å². The first-order valence-corrected chi connectivity index (χ1v) is 7.00. The Hall–Kier alpha value is -2.62. The molecule has 0 saturated carbocycles. The molecule has 114 valence electrons. The molecule has 0 unspecified atom stereocenters. The number of carbonyl (C=O) groups is 2. The third-order valence-corrected chi connectivity index (χ3v) is 3.36. The number of phenolic OH excluding ortho intramolecular Hbond substituents is 1. The van der Waals surface area contributed by atoms with Crippen LogP contribution >= 0.6 is 0 Å². The van der Waals surface area contributed by atoms with Crippen LogP contribution < -0.4 is 0 Å². The van der Waals surface area contributed by atoms with E-state index in [1.165, 1.54) is 19.1 Å². The predicted octanol–water partition coefficient (Wildman–Crippen LogP) is 3.44. The maximum absolute atomic E-state index is 12.2. The van der Waals surface area contributed by atoms with E-state index >= 15 is 0 Å². The largest absolute Gasteiger partial charge is 0.507 e.